The quantitative estimate of drug-likeness (QED) is 0.856. The molecular weight excluding hydrogens is 283 g/mol. The SMILES string of the molecule is Cc1cc(F)c(N)cc1S(=O)(=O)N(C)CC1CCCO1. The van der Waals surface area contributed by atoms with E-state index in [9.17, 15) is 12.8 Å². The van der Waals surface area contributed by atoms with Crippen LogP contribution in [-0.4, -0.2) is 39.0 Å². The minimum Gasteiger partial charge on any atom is -0.396 e. The molecule has 7 heteroatoms. The fraction of sp³-hybridized carbons (Fsp3) is 0.538. The molecule has 0 spiro atoms. The molecule has 1 heterocycles. The Morgan fingerprint density at radius 2 is 2.20 bits per heavy atom. The van der Waals surface area contributed by atoms with Crippen LogP contribution >= 0.6 is 0 Å². The molecule has 1 aromatic carbocycles. The number of halogens is 1. The average molecular weight is 302 g/mol. The maximum Gasteiger partial charge on any atom is 0.243 e. The van der Waals surface area contributed by atoms with Crippen molar-refractivity contribution < 1.29 is 17.5 Å². The summed E-state index contributed by atoms with van der Waals surface area (Å²) < 4.78 is 45.0. The van der Waals surface area contributed by atoms with E-state index in [1.54, 1.807) is 6.92 Å². The Bertz CT molecular complexity index is 598. The topological polar surface area (TPSA) is 72.6 Å². The van der Waals surface area contributed by atoms with Gasteiger partial charge in [0, 0.05) is 20.2 Å². The predicted molar refractivity (Wildman–Crippen MR) is 74.3 cm³/mol. The molecule has 1 saturated heterocycles. The van der Waals surface area contributed by atoms with Gasteiger partial charge in [-0.3, -0.25) is 0 Å². The Balaban J connectivity index is 2.27. The molecular formula is C13H19FN2O3S. The molecule has 0 amide bonds. The van der Waals surface area contributed by atoms with Crippen LogP contribution in [0.3, 0.4) is 0 Å². The zero-order chi connectivity index (χ0) is 14.9. The lowest BCUT2D eigenvalue weighted by atomic mass is 10.2. The van der Waals surface area contributed by atoms with E-state index >= 15 is 0 Å². The van der Waals surface area contributed by atoms with Gasteiger partial charge in [0.15, 0.2) is 0 Å². The standard InChI is InChI=1S/C13H19FN2O3S/c1-9-6-11(14)12(15)7-13(9)20(17,18)16(2)8-10-4-3-5-19-10/h6-7,10H,3-5,8,15H2,1-2H3. The lowest BCUT2D eigenvalue weighted by Gasteiger charge is -2.21. The number of anilines is 1. The van der Waals surface area contributed by atoms with Gasteiger partial charge in [0.2, 0.25) is 10.0 Å². The number of nitrogens with zero attached hydrogens (tertiary/aromatic N) is 1. The summed E-state index contributed by atoms with van der Waals surface area (Å²) in [7, 11) is -2.19. The molecule has 1 aliphatic heterocycles. The predicted octanol–water partition coefficient (Wildman–Crippen LogP) is 1.52. The summed E-state index contributed by atoms with van der Waals surface area (Å²) in [6, 6.07) is 2.31. The largest absolute Gasteiger partial charge is 0.396 e. The summed E-state index contributed by atoms with van der Waals surface area (Å²) in [5, 5.41) is 0. The van der Waals surface area contributed by atoms with Crippen LogP contribution in [0, 0.1) is 12.7 Å². The van der Waals surface area contributed by atoms with Crippen LogP contribution in [0.4, 0.5) is 10.1 Å². The van der Waals surface area contributed by atoms with Crippen molar-refractivity contribution in [1.29, 1.82) is 0 Å². The van der Waals surface area contributed by atoms with E-state index in [4.69, 9.17) is 10.5 Å². The van der Waals surface area contributed by atoms with Crippen molar-refractivity contribution >= 4 is 15.7 Å². The van der Waals surface area contributed by atoms with Crippen LogP contribution in [0.5, 0.6) is 0 Å². The summed E-state index contributed by atoms with van der Waals surface area (Å²) in [6.07, 6.45) is 1.72. The first-order chi connectivity index (χ1) is 9.32. The van der Waals surface area contributed by atoms with Gasteiger partial charge in [-0.15, -0.1) is 0 Å². The van der Waals surface area contributed by atoms with Crippen molar-refractivity contribution in [3.63, 3.8) is 0 Å². The van der Waals surface area contributed by atoms with Crippen LogP contribution < -0.4 is 5.73 Å². The summed E-state index contributed by atoms with van der Waals surface area (Å²) >= 11 is 0. The minimum atomic E-state index is -3.69. The van der Waals surface area contributed by atoms with E-state index < -0.39 is 15.8 Å². The maximum absolute atomic E-state index is 13.3. The van der Waals surface area contributed by atoms with Gasteiger partial charge in [-0.05, 0) is 37.5 Å². The summed E-state index contributed by atoms with van der Waals surface area (Å²) in [4.78, 5) is 0.0388. The third-order valence-corrected chi connectivity index (χ3v) is 5.43. The second-order valence-electron chi connectivity index (χ2n) is 5.06. The van der Waals surface area contributed by atoms with Gasteiger partial charge in [0.25, 0.3) is 0 Å². The first-order valence-electron chi connectivity index (χ1n) is 6.46. The third kappa shape index (κ3) is 2.94. The van der Waals surface area contributed by atoms with Crippen molar-refractivity contribution in [3.8, 4) is 0 Å². The van der Waals surface area contributed by atoms with Crippen molar-refractivity contribution in [2.45, 2.75) is 30.8 Å². The molecule has 0 saturated carbocycles. The van der Waals surface area contributed by atoms with Crippen molar-refractivity contribution in [1.82, 2.24) is 4.31 Å². The number of hydrogen-bond donors (Lipinski definition) is 1. The molecule has 1 unspecified atom stereocenters. The number of nitrogens with two attached hydrogens (primary N) is 1. The molecule has 2 rings (SSSR count). The number of benzene rings is 1. The fourth-order valence-electron chi connectivity index (χ4n) is 2.29. The lowest BCUT2D eigenvalue weighted by molar-refractivity contribution is 0.0979. The molecule has 1 fully saturated rings. The van der Waals surface area contributed by atoms with E-state index in [1.165, 1.54) is 17.4 Å². The maximum atomic E-state index is 13.3. The van der Waals surface area contributed by atoms with Crippen LogP contribution in [0.25, 0.3) is 0 Å². The molecule has 1 atom stereocenters. The zero-order valence-electron chi connectivity index (χ0n) is 11.6. The van der Waals surface area contributed by atoms with Gasteiger partial charge >= 0.3 is 0 Å². The smallest absolute Gasteiger partial charge is 0.243 e. The van der Waals surface area contributed by atoms with Gasteiger partial charge < -0.3 is 10.5 Å². The number of likely N-dealkylation sites (N-methyl/N-ethyl adjacent to an activating group) is 1. The zero-order valence-corrected chi connectivity index (χ0v) is 12.4. The molecule has 0 radical (unpaired) electrons. The monoisotopic (exact) mass is 302 g/mol. The van der Waals surface area contributed by atoms with Crippen molar-refractivity contribution in [2.24, 2.45) is 0 Å². The molecule has 0 bridgehead atoms. The highest BCUT2D eigenvalue weighted by atomic mass is 32.2. The molecule has 20 heavy (non-hydrogen) atoms. The van der Waals surface area contributed by atoms with Crippen LogP contribution in [0.15, 0.2) is 17.0 Å². The number of hydrogen-bond acceptors (Lipinski definition) is 4. The van der Waals surface area contributed by atoms with E-state index in [2.05, 4.69) is 0 Å². The molecule has 2 N–H and O–H groups in total. The number of ether oxygens (including phenoxy) is 1. The van der Waals surface area contributed by atoms with Gasteiger partial charge in [-0.25, -0.2) is 12.8 Å². The average Bonchev–Trinajstić information content (AvgIpc) is 2.86. The van der Waals surface area contributed by atoms with Crippen LogP contribution in [0.1, 0.15) is 18.4 Å². The summed E-state index contributed by atoms with van der Waals surface area (Å²) in [5.74, 6) is -0.608. The second-order valence-corrected chi connectivity index (χ2v) is 7.07. The molecule has 1 aliphatic rings. The molecule has 0 aromatic heterocycles. The minimum absolute atomic E-state index is 0.0388. The highest BCUT2D eigenvalue weighted by Gasteiger charge is 2.27. The van der Waals surface area contributed by atoms with Crippen molar-refractivity contribution in [3.05, 3.63) is 23.5 Å². The van der Waals surface area contributed by atoms with Crippen LogP contribution in [-0.2, 0) is 14.8 Å². The second kappa shape index (κ2) is 5.67. The van der Waals surface area contributed by atoms with Gasteiger partial charge in [0.05, 0.1) is 16.7 Å². The Morgan fingerprint density at radius 3 is 2.80 bits per heavy atom. The Hall–Kier alpha value is -1.18. The van der Waals surface area contributed by atoms with E-state index in [1.807, 2.05) is 0 Å². The lowest BCUT2D eigenvalue weighted by Crippen LogP contribution is -2.34. The Kier molecular flexibility index (Phi) is 4.31. The van der Waals surface area contributed by atoms with Gasteiger partial charge in [-0.2, -0.15) is 4.31 Å². The summed E-state index contributed by atoms with van der Waals surface area (Å²) in [5.41, 5.74) is 5.64. The normalized spacial score (nSPS) is 19.7. The van der Waals surface area contributed by atoms with Crippen molar-refractivity contribution in [2.75, 3.05) is 25.9 Å². The number of aryl methyl sites for hydroxylation is 1. The number of rotatable bonds is 4. The van der Waals surface area contributed by atoms with E-state index in [0.29, 0.717) is 18.7 Å². The van der Waals surface area contributed by atoms with E-state index in [-0.39, 0.29) is 16.7 Å². The molecule has 5 nitrogen and oxygen atoms in total. The fourth-order valence-corrected chi connectivity index (χ4v) is 3.73. The first kappa shape index (κ1) is 15.2. The summed E-state index contributed by atoms with van der Waals surface area (Å²) in [6.45, 7) is 2.51. The third-order valence-electron chi connectivity index (χ3n) is 3.47. The Morgan fingerprint density at radius 1 is 1.50 bits per heavy atom. The number of nitrogen functional groups attached to an aromatic ring is 1. The van der Waals surface area contributed by atoms with Gasteiger partial charge in [0.1, 0.15) is 5.82 Å². The molecule has 1 aromatic rings. The van der Waals surface area contributed by atoms with Gasteiger partial charge in [-0.1, -0.05) is 0 Å². The highest BCUT2D eigenvalue weighted by Crippen LogP contribution is 2.25. The molecule has 112 valence electrons. The number of sulfonamides is 1. The highest BCUT2D eigenvalue weighted by molar-refractivity contribution is 7.89. The van der Waals surface area contributed by atoms with E-state index in [0.717, 1.165) is 18.9 Å². The molecule has 0 aliphatic carbocycles. The first-order valence-corrected chi connectivity index (χ1v) is 7.90. The van der Waals surface area contributed by atoms with Crippen LogP contribution in [0.2, 0.25) is 0 Å². The Labute approximate surface area is 118 Å².